The van der Waals surface area contributed by atoms with E-state index in [1.807, 2.05) is 26.8 Å². The van der Waals surface area contributed by atoms with Gasteiger partial charge in [-0.25, -0.2) is 0 Å². The van der Waals surface area contributed by atoms with E-state index in [0.29, 0.717) is 24.3 Å². The van der Waals surface area contributed by atoms with Crippen molar-refractivity contribution in [3.63, 3.8) is 0 Å². The van der Waals surface area contributed by atoms with Crippen LogP contribution in [0.1, 0.15) is 44.0 Å². The summed E-state index contributed by atoms with van der Waals surface area (Å²) in [5.74, 6) is 0.483. The van der Waals surface area contributed by atoms with Crippen molar-refractivity contribution in [1.82, 2.24) is 5.32 Å². The lowest BCUT2D eigenvalue weighted by Gasteiger charge is -2.28. The molecule has 0 radical (unpaired) electrons. The fourth-order valence-corrected chi connectivity index (χ4v) is 1.79. The van der Waals surface area contributed by atoms with Crippen molar-refractivity contribution in [1.29, 1.82) is 0 Å². The van der Waals surface area contributed by atoms with Crippen LogP contribution in [0.3, 0.4) is 0 Å². The van der Waals surface area contributed by atoms with Crippen LogP contribution in [0.25, 0.3) is 0 Å². The van der Waals surface area contributed by atoms with Gasteiger partial charge in [-0.1, -0.05) is 32.1 Å². The van der Waals surface area contributed by atoms with Crippen molar-refractivity contribution in [3.05, 3.63) is 29.8 Å². The Morgan fingerprint density at radius 2 is 2.15 bits per heavy atom. The second-order valence-electron chi connectivity index (χ2n) is 4.88. The summed E-state index contributed by atoms with van der Waals surface area (Å²) in [6.07, 6.45) is 1.56. The third kappa shape index (κ3) is 4.20. The second-order valence-corrected chi connectivity index (χ2v) is 5.32. The number of thiocarbonyl (C=S) groups is 1. The van der Waals surface area contributed by atoms with E-state index in [-0.39, 0.29) is 10.9 Å². The third-order valence-corrected chi connectivity index (χ3v) is 3.66. The molecule has 1 aromatic rings. The highest BCUT2D eigenvalue weighted by molar-refractivity contribution is 7.80. The fourth-order valence-electron chi connectivity index (χ4n) is 1.59. The Balaban J connectivity index is 2.84. The summed E-state index contributed by atoms with van der Waals surface area (Å²) in [6, 6.07) is 7.09. The summed E-state index contributed by atoms with van der Waals surface area (Å²) in [4.78, 5) is 12.6. The molecular weight excluding hydrogens is 272 g/mol. The molecule has 5 heteroatoms. The molecule has 0 aliphatic heterocycles. The van der Waals surface area contributed by atoms with E-state index < -0.39 is 5.54 Å². The highest BCUT2D eigenvalue weighted by Gasteiger charge is 2.28. The zero-order chi connectivity index (χ0) is 15.2. The van der Waals surface area contributed by atoms with Crippen LogP contribution in [-0.4, -0.2) is 23.0 Å². The number of nitrogens with two attached hydrogens (primary N) is 1. The van der Waals surface area contributed by atoms with Gasteiger partial charge in [-0.05, 0) is 38.0 Å². The van der Waals surface area contributed by atoms with E-state index in [1.165, 1.54) is 0 Å². The minimum atomic E-state index is -0.674. The minimum absolute atomic E-state index is 0.205. The second kappa shape index (κ2) is 7.24. The van der Waals surface area contributed by atoms with Gasteiger partial charge >= 0.3 is 0 Å². The average molecular weight is 294 g/mol. The molecular formula is C15H22N2O2S. The molecule has 1 unspecified atom stereocenters. The smallest absolute Gasteiger partial charge is 0.252 e. The Morgan fingerprint density at radius 3 is 2.70 bits per heavy atom. The molecule has 0 saturated carbocycles. The number of benzene rings is 1. The number of nitrogens with one attached hydrogen (secondary N) is 1. The Bertz CT molecular complexity index is 491. The number of carbonyl (C=O) groups excluding carboxylic acids is 1. The van der Waals surface area contributed by atoms with Crippen LogP contribution < -0.4 is 15.8 Å². The summed E-state index contributed by atoms with van der Waals surface area (Å²) in [5.41, 5.74) is 5.56. The van der Waals surface area contributed by atoms with Crippen LogP contribution in [0.15, 0.2) is 24.3 Å². The Labute approximate surface area is 125 Å². The summed E-state index contributed by atoms with van der Waals surface area (Å²) >= 11 is 5.02. The molecule has 0 aliphatic rings. The molecule has 3 N–H and O–H groups in total. The van der Waals surface area contributed by atoms with E-state index in [0.717, 1.165) is 6.42 Å². The minimum Gasteiger partial charge on any atom is -0.494 e. The molecule has 20 heavy (non-hydrogen) atoms. The van der Waals surface area contributed by atoms with Gasteiger partial charge in [0, 0.05) is 5.56 Å². The van der Waals surface area contributed by atoms with Gasteiger partial charge in [0.05, 0.1) is 17.1 Å². The van der Waals surface area contributed by atoms with Gasteiger partial charge in [-0.3, -0.25) is 4.79 Å². The number of amides is 1. The normalized spacial score (nSPS) is 13.3. The molecule has 1 aromatic carbocycles. The summed E-state index contributed by atoms with van der Waals surface area (Å²) in [7, 11) is 0. The first-order chi connectivity index (χ1) is 9.42. The molecule has 0 aliphatic carbocycles. The summed E-state index contributed by atoms with van der Waals surface area (Å²) in [6.45, 7) is 6.42. The lowest BCUT2D eigenvalue weighted by molar-refractivity contribution is 0.0926. The van der Waals surface area contributed by atoms with E-state index >= 15 is 0 Å². The Hall–Kier alpha value is -1.62. The summed E-state index contributed by atoms with van der Waals surface area (Å²) < 4.78 is 5.52. The standard InChI is InChI=1S/C15H22N2O2S/c1-4-9-19-12-8-6-7-11(10-12)13(18)17-15(3,5-2)14(16)20/h6-8,10H,4-5,9H2,1-3H3,(H2,16,20)(H,17,18). The van der Waals surface area contributed by atoms with Crippen LogP contribution in [0, 0.1) is 0 Å². The van der Waals surface area contributed by atoms with E-state index in [2.05, 4.69) is 5.32 Å². The van der Waals surface area contributed by atoms with E-state index in [9.17, 15) is 4.79 Å². The first kappa shape index (κ1) is 16.4. The lowest BCUT2D eigenvalue weighted by atomic mass is 9.98. The van der Waals surface area contributed by atoms with Crippen LogP contribution >= 0.6 is 12.2 Å². The van der Waals surface area contributed by atoms with Gasteiger partial charge in [0.2, 0.25) is 0 Å². The molecule has 0 bridgehead atoms. The number of carbonyl (C=O) groups is 1. The van der Waals surface area contributed by atoms with Gasteiger partial charge in [-0.2, -0.15) is 0 Å². The topological polar surface area (TPSA) is 64.3 Å². The maximum absolute atomic E-state index is 12.3. The molecule has 0 fully saturated rings. The number of rotatable bonds is 7. The first-order valence-electron chi connectivity index (χ1n) is 6.78. The maximum Gasteiger partial charge on any atom is 0.252 e. The van der Waals surface area contributed by atoms with Crippen molar-refractivity contribution >= 4 is 23.1 Å². The SMILES string of the molecule is CCCOc1cccc(C(=O)NC(C)(CC)C(N)=S)c1. The molecule has 0 saturated heterocycles. The molecule has 1 amide bonds. The van der Waals surface area contributed by atoms with Gasteiger partial charge in [0.25, 0.3) is 5.91 Å². The maximum atomic E-state index is 12.3. The van der Waals surface area contributed by atoms with Gasteiger partial charge < -0.3 is 15.8 Å². The fraction of sp³-hybridized carbons (Fsp3) is 0.467. The number of ether oxygens (including phenoxy) is 1. The zero-order valence-electron chi connectivity index (χ0n) is 12.2. The first-order valence-corrected chi connectivity index (χ1v) is 7.19. The van der Waals surface area contributed by atoms with Crippen molar-refractivity contribution in [2.24, 2.45) is 5.73 Å². The van der Waals surface area contributed by atoms with Crippen molar-refractivity contribution in [2.75, 3.05) is 6.61 Å². The van der Waals surface area contributed by atoms with E-state index in [4.69, 9.17) is 22.7 Å². The van der Waals surface area contributed by atoms with Crippen LogP contribution in [0.5, 0.6) is 5.75 Å². The van der Waals surface area contributed by atoms with Crippen LogP contribution in [-0.2, 0) is 0 Å². The highest BCUT2D eigenvalue weighted by Crippen LogP contribution is 2.16. The molecule has 4 nitrogen and oxygen atoms in total. The molecule has 0 aromatic heterocycles. The molecule has 0 heterocycles. The van der Waals surface area contributed by atoms with E-state index in [1.54, 1.807) is 18.2 Å². The summed E-state index contributed by atoms with van der Waals surface area (Å²) in [5, 5.41) is 2.88. The van der Waals surface area contributed by atoms with Gasteiger partial charge in [0.15, 0.2) is 0 Å². The Kier molecular flexibility index (Phi) is 5.95. The van der Waals surface area contributed by atoms with Gasteiger partial charge in [-0.15, -0.1) is 0 Å². The predicted octanol–water partition coefficient (Wildman–Crippen LogP) is 2.66. The molecule has 110 valence electrons. The highest BCUT2D eigenvalue weighted by atomic mass is 32.1. The van der Waals surface area contributed by atoms with Gasteiger partial charge in [0.1, 0.15) is 5.75 Å². The molecule has 1 atom stereocenters. The molecule has 0 spiro atoms. The number of hydrogen-bond donors (Lipinski definition) is 2. The quantitative estimate of drug-likeness (QED) is 0.759. The van der Waals surface area contributed by atoms with Crippen molar-refractivity contribution in [2.45, 2.75) is 39.2 Å². The van der Waals surface area contributed by atoms with Crippen LogP contribution in [0.4, 0.5) is 0 Å². The van der Waals surface area contributed by atoms with Crippen molar-refractivity contribution < 1.29 is 9.53 Å². The monoisotopic (exact) mass is 294 g/mol. The Morgan fingerprint density at radius 1 is 1.45 bits per heavy atom. The molecule has 1 rings (SSSR count). The number of hydrogen-bond acceptors (Lipinski definition) is 3. The lowest BCUT2D eigenvalue weighted by Crippen LogP contribution is -2.54. The van der Waals surface area contributed by atoms with Crippen molar-refractivity contribution in [3.8, 4) is 5.75 Å². The average Bonchev–Trinajstić information content (AvgIpc) is 2.45. The largest absolute Gasteiger partial charge is 0.494 e. The third-order valence-electron chi connectivity index (χ3n) is 3.21. The zero-order valence-corrected chi connectivity index (χ0v) is 13.0. The van der Waals surface area contributed by atoms with Crippen LogP contribution in [0.2, 0.25) is 0 Å². The predicted molar refractivity (Wildman–Crippen MR) is 85.2 cm³/mol.